The van der Waals surface area contributed by atoms with Crippen molar-refractivity contribution in [2.45, 2.75) is 53.6 Å². The Morgan fingerprint density at radius 2 is 1.53 bits per heavy atom. The predicted octanol–water partition coefficient (Wildman–Crippen LogP) is 7.23. The van der Waals surface area contributed by atoms with Crippen LogP contribution in [0.1, 0.15) is 58.2 Å². The molecule has 0 aliphatic heterocycles. The number of pyridine rings is 1. The molecule has 6 nitrogen and oxygen atoms in total. The van der Waals surface area contributed by atoms with Crippen LogP contribution in [0.15, 0.2) is 66.5 Å². The molecule has 0 fully saturated rings. The van der Waals surface area contributed by atoms with Crippen LogP contribution in [0.5, 0.6) is 11.6 Å². The summed E-state index contributed by atoms with van der Waals surface area (Å²) in [6, 6.07) is 18.3. The van der Waals surface area contributed by atoms with Gasteiger partial charge >= 0.3 is 8.80 Å². The molecule has 0 spiro atoms. The SMILES string of the molecule is CCO[Si](C=Cc1cc(-c2cccnc2OCc2ccccc2)cc(C(C)(C)C)c1OC)(OCC)OCC. The van der Waals surface area contributed by atoms with Gasteiger partial charge in [0.05, 0.1) is 7.11 Å². The van der Waals surface area contributed by atoms with E-state index >= 15 is 0 Å². The molecule has 2 aromatic carbocycles. The molecule has 0 N–H and O–H groups in total. The zero-order chi connectivity index (χ0) is 27.6. The van der Waals surface area contributed by atoms with E-state index in [2.05, 4.69) is 37.9 Å². The highest BCUT2D eigenvalue weighted by molar-refractivity contribution is 6.67. The van der Waals surface area contributed by atoms with E-state index in [1.54, 1.807) is 13.3 Å². The lowest BCUT2D eigenvalue weighted by Gasteiger charge is -2.26. The van der Waals surface area contributed by atoms with E-state index in [4.69, 9.17) is 22.8 Å². The van der Waals surface area contributed by atoms with Crippen LogP contribution in [0.4, 0.5) is 0 Å². The summed E-state index contributed by atoms with van der Waals surface area (Å²) >= 11 is 0. The molecule has 38 heavy (non-hydrogen) atoms. The summed E-state index contributed by atoms with van der Waals surface area (Å²) in [5.74, 6) is 1.39. The van der Waals surface area contributed by atoms with Gasteiger partial charge in [-0.15, -0.1) is 0 Å². The summed E-state index contributed by atoms with van der Waals surface area (Å²) in [6.45, 7) is 14.3. The van der Waals surface area contributed by atoms with Gasteiger partial charge in [0.1, 0.15) is 12.4 Å². The average Bonchev–Trinajstić information content (AvgIpc) is 2.91. The Morgan fingerprint density at radius 3 is 2.11 bits per heavy atom. The Hall–Kier alpha value is -2.97. The molecular formula is C31H41NO5Si. The number of nitrogens with zero attached hydrogens (tertiary/aromatic N) is 1. The van der Waals surface area contributed by atoms with Crippen LogP contribution >= 0.6 is 0 Å². The maximum absolute atomic E-state index is 6.20. The molecule has 0 unspecified atom stereocenters. The number of rotatable bonds is 13. The monoisotopic (exact) mass is 535 g/mol. The van der Waals surface area contributed by atoms with Gasteiger partial charge in [0.25, 0.3) is 0 Å². The molecule has 0 bridgehead atoms. The van der Waals surface area contributed by atoms with E-state index in [0.29, 0.717) is 32.3 Å². The van der Waals surface area contributed by atoms with E-state index in [9.17, 15) is 0 Å². The molecule has 1 aromatic heterocycles. The van der Waals surface area contributed by atoms with Crippen molar-refractivity contribution in [3.05, 3.63) is 83.2 Å². The van der Waals surface area contributed by atoms with Crippen molar-refractivity contribution in [1.29, 1.82) is 0 Å². The maximum Gasteiger partial charge on any atom is 0.529 e. The van der Waals surface area contributed by atoms with Crippen LogP contribution in [-0.4, -0.2) is 40.7 Å². The summed E-state index contributed by atoms with van der Waals surface area (Å²) in [5.41, 5.74) is 6.74. The van der Waals surface area contributed by atoms with Crippen molar-refractivity contribution in [3.8, 4) is 22.8 Å². The summed E-state index contributed by atoms with van der Waals surface area (Å²) in [7, 11) is -1.30. The molecule has 0 amide bonds. The Labute approximate surface area is 229 Å². The third kappa shape index (κ3) is 7.54. The number of aromatic nitrogens is 1. The molecule has 7 heteroatoms. The van der Waals surface area contributed by atoms with Crippen LogP contribution in [0.2, 0.25) is 0 Å². The summed E-state index contributed by atoms with van der Waals surface area (Å²) in [6.07, 6.45) is 3.76. The lowest BCUT2D eigenvalue weighted by Crippen LogP contribution is -2.44. The zero-order valence-corrected chi connectivity index (χ0v) is 24.7. The van der Waals surface area contributed by atoms with Crippen molar-refractivity contribution < 1.29 is 22.8 Å². The highest BCUT2D eigenvalue weighted by Gasteiger charge is 2.37. The fourth-order valence-electron chi connectivity index (χ4n) is 4.23. The molecule has 0 aliphatic rings. The summed E-state index contributed by atoms with van der Waals surface area (Å²) < 4.78 is 30.3. The number of hydrogen-bond donors (Lipinski definition) is 0. The van der Waals surface area contributed by atoms with Gasteiger partial charge in [-0.25, -0.2) is 4.98 Å². The minimum atomic E-state index is -3.01. The highest BCUT2D eigenvalue weighted by Crippen LogP contribution is 2.40. The third-order valence-electron chi connectivity index (χ3n) is 5.93. The van der Waals surface area contributed by atoms with E-state index in [-0.39, 0.29) is 5.41 Å². The lowest BCUT2D eigenvalue weighted by molar-refractivity contribution is 0.0845. The molecule has 0 aliphatic carbocycles. The number of hydrogen-bond acceptors (Lipinski definition) is 6. The second kappa shape index (κ2) is 13.7. The first-order chi connectivity index (χ1) is 18.3. The molecule has 0 saturated carbocycles. The molecule has 3 aromatic rings. The van der Waals surface area contributed by atoms with Gasteiger partial charge < -0.3 is 22.8 Å². The quantitative estimate of drug-likeness (QED) is 0.215. The minimum Gasteiger partial charge on any atom is -0.496 e. The Balaban J connectivity index is 2.12. The summed E-state index contributed by atoms with van der Waals surface area (Å²) in [4.78, 5) is 4.57. The van der Waals surface area contributed by atoms with Crippen molar-refractivity contribution in [2.24, 2.45) is 0 Å². The third-order valence-corrected chi connectivity index (χ3v) is 8.58. The van der Waals surface area contributed by atoms with Crippen LogP contribution < -0.4 is 9.47 Å². The molecule has 204 valence electrons. The van der Waals surface area contributed by atoms with E-state index in [1.165, 1.54) is 0 Å². The standard InChI is InChI=1S/C31H41NO5Si/c1-8-35-38(36-9-2,37-10-3)20-18-25-21-26(22-28(29(25)33-7)31(4,5)6)27-17-14-19-32-30(27)34-23-24-15-12-11-13-16-24/h11-22H,8-10,23H2,1-7H3. The van der Waals surface area contributed by atoms with E-state index < -0.39 is 8.80 Å². The normalized spacial score (nSPS) is 12.2. The largest absolute Gasteiger partial charge is 0.529 e. The van der Waals surface area contributed by atoms with Gasteiger partial charge in [0, 0.05) is 42.7 Å². The number of benzene rings is 2. The fourth-order valence-corrected chi connectivity index (χ4v) is 6.36. The van der Waals surface area contributed by atoms with Crippen molar-refractivity contribution >= 4 is 14.9 Å². The Morgan fingerprint density at radius 1 is 0.868 bits per heavy atom. The van der Waals surface area contributed by atoms with Gasteiger partial charge in [-0.2, -0.15) is 0 Å². The zero-order valence-electron chi connectivity index (χ0n) is 23.7. The first-order valence-corrected chi connectivity index (χ1v) is 15.0. The smallest absolute Gasteiger partial charge is 0.496 e. The number of methoxy groups -OCH3 is 1. The molecule has 0 saturated heterocycles. The highest BCUT2D eigenvalue weighted by atomic mass is 28.4. The van der Waals surface area contributed by atoms with Gasteiger partial charge in [-0.05, 0) is 67.3 Å². The van der Waals surface area contributed by atoms with Gasteiger partial charge in [-0.1, -0.05) is 57.2 Å². The van der Waals surface area contributed by atoms with Crippen molar-refractivity contribution in [2.75, 3.05) is 26.9 Å². The Kier molecular flexibility index (Phi) is 10.7. The Bertz CT molecular complexity index is 1170. The van der Waals surface area contributed by atoms with Crippen LogP contribution in [-0.2, 0) is 25.3 Å². The van der Waals surface area contributed by atoms with Gasteiger partial charge in [0.2, 0.25) is 5.88 Å². The van der Waals surface area contributed by atoms with E-state index in [1.807, 2.05) is 75.0 Å². The first kappa shape index (κ1) is 29.6. The van der Waals surface area contributed by atoms with Gasteiger partial charge in [-0.3, -0.25) is 0 Å². The lowest BCUT2D eigenvalue weighted by atomic mass is 9.83. The van der Waals surface area contributed by atoms with Crippen LogP contribution in [0.25, 0.3) is 17.2 Å². The molecule has 0 atom stereocenters. The average molecular weight is 536 g/mol. The second-order valence-corrected chi connectivity index (χ2v) is 12.2. The van der Waals surface area contributed by atoms with Crippen LogP contribution in [0, 0.1) is 0 Å². The van der Waals surface area contributed by atoms with Crippen molar-refractivity contribution in [1.82, 2.24) is 4.98 Å². The summed E-state index contributed by atoms with van der Waals surface area (Å²) in [5, 5.41) is 0. The molecular weight excluding hydrogens is 494 g/mol. The second-order valence-electron chi connectivity index (χ2n) is 9.76. The first-order valence-electron chi connectivity index (χ1n) is 13.2. The van der Waals surface area contributed by atoms with Gasteiger partial charge in [0.15, 0.2) is 0 Å². The predicted molar refractivity (Wildman–Crippen MR) is 155 cm³/mol. The number of ether oxygens (including phenoxy) is 2. The minimum absolute atomic E-state index is 0.175. The topological polar surface area (TPSA) is 59.0 Å². The molecule has 3 rings (SSSR count). The van der Waals surface area contributed by atoms with Crippen LogP contribution in [0.3, 0.4) is 0 Å². The van der Waals surface area contributed by atoms with E-state index in [0.717, 1.165) is 33.6 Å². The molecule has 1 heterocycles. The molecule has 0 radical (unpaired) electrons. The van der Waals surface area contributed by atoms with Crippen molar-refractivity contribution in [3.63, 3.8) is 0 Å². The maximum atomic E-state index is 6.20. The fraction of sp³-hybridized carbons (Fsp3) is 0.387.